The molecule has 0 saturated heterocycles. The molecule has 0 bridgehead atoms. The fraction of sp³-hybridized carbons (Fsp3) is 0.364. The van der Waals surface area contributed by atoms with Crippen LogP contribution < -0.4 is 15.8 Å². The van der Waals surface area contributed by atoms with Crippen molar-refractivity contribution in [3.63, 3.8) is 0 Å². The fourth-order valence-corrected chi connectivity index (χ4v) is 2.01. The maximum atomic E-state index is 13.6. The van der Waals surface area contributed by atoms with E-state index in [0.717, 1.165) is 6.07 Å². The van der Waals surface area contributed by atoms with Crippen LogP contribution >= 0.6 is 0 Å². The van der Waals surface area contributed by atoms with Gasteiger partial charge in [0.15, 0.2) is 0 Å². The van der Waals surface area contributed by atoms with E-state index in [0.29, 0.717) is 0 Å². The van der Waals surface area contributed by atoms with Crippen LogP contribution in [0, 0.1) is 5.82 Å². The summed E-state index contributed by atoms with van der Waals surface area (Å²) in [5, 5.41) is 2.59. The zero-order valence-electron chi connectivity index (χ0n) is 11.1. The summed E-state index contributed by atoms with van der Waals surface area (Å²) in [5.41, 5.74) is 5.44. The van der Waals surface area contributed by atoms with E-state index in [1.807, 2.05) is 0 Å². The van der Waals surface area contributed by atoms with E-state index >= 15 is 0 Å². The van der Waals surface area contributed by atoms with Gasteiger partial charge in [-0.2, -0.15) is 0 Å². The summed E-state index contributed by atoms with van der Waals surface area (Å²) in [7, 11) is -0.929. The third-order valence-electron chi connectivity index (χ3n) is 2.54. The molecule has 0 aliphatic heterocycles. The first-order chi connectivity index (χ1) is 9.30. The third kappa shape index (κ3) is 4.07. The number of carbonyl (C=O) groups is 1. The number of carbonyl (C=O) groups excluding carboxylic acids is 1. The Morgan fingerprint density at radius 1 is 1.45 bits per heavy atom. The molecule has 112 valence electrons. The number of hydrogen-bond acceptors (Lipinski definition) is 6. The van der Waals surface area contributed by atoms with Gasteiger partial charge in [0.2, 0.25) is 10.0 Å². The highest BCUT2D eigenvalue weighted by atomic mass is 32.2. The summed E-state index contributed by atoms with van der Waals surface area (Å²) in [6.45, 7) is -0.0232. The van der Waals surface area contributed by atoms with Gasteiger partial charge in [-0.1, -0.05) is 0 Å². The minimum atomic E-state index is -3.39. The molecule has 0 unspecified atom stereocenters. The molecule has 0 heterocycles. The lowest BCUT2D eigenvalue weighted by molar-refractivity contribution is 0.0602. The van der Waals surface area contributed by atoms with Crippen LogP contribution in [0.15, 0.2) is 12.1 Å². The van der Waals surface area contributed by atoms with Crippen LogP contribution in [-0.4, -0.2) is 40.8 Å². The van der Waals surface area contributed by atoms with E-state index in [1.54, 1.807) is 0 Å². The van der Waals surface area contributed by atoms with E-state index in [2.05, 4.69) is 14.8 Å². The first-order valence-electron chi connectivity index (χ1n) is 5.63. The topological polar surface area (TPSA) is 111 Å². The normalized spacial score (nSPS) is 11.2. The average Bonchev–Trinajstić information content (AvgIpc) is 2.40. The van der Waals surface area contributed by atoms with E-state index in [4.69, 9.17) is 5.73 Å². The molecule has 7 nitrogen and oxygen atoms in total. The predicted molar refractivity (Wildman–Crippen MR) is 73.5 cm³/mol. The number of anilines is 2. The van der Waals surface area contributed by atoms with Crippen molar-refractivity contribution in [3.8, 4) is 0 Å². The van der Waals surface area contributed by atoms with Gasteiger partial charge >= 0.3 is 5.97 Å². The van der Waals surface area contributed by atoms with Crippen molar-refractivity contribution in [1.82, 2.24) is 4.72 Å². The average molecular weight is 305 g/mol. The monoisotopic (exact) mass is 305 g/mol. The van der Waals surface area contributed by atoms with Crippen molar-refractivity contribution in [1.29, 1.82) is 0 Å². The quantitative estimate of drug-likeness (QED) is 0.510. The highest BCUT2D eigenvalue weighted by Crippen LogP contribution is 2.22. The van der Waals surface area contributed by atoms with Gasteiger partial charge in [0.05, 0.1) is 24.1 Å². The van der Waals surface area contributed by atoms with Gasteiger partial charge in [0.25, 0.3) is 0 Å². The summed E-state index contributed by atoms with van der Waals surface area (Å²) in [6.07, 6.45) is 0. The minimum Gasteiger partial charge on any atom is -0.465 e. The number of ether oxygens (including phenoxy) is 1. The Bertz CT molecular complexity index is 604. The Morgan fingerprint density at radius 3 is 2.65 bits per heavy atom. The van der Waals surface area contributed by atoms with Crippen LogP contribution in [0.1, 0.15) is 10.4 Å². The Morgan fingerprint density at radius 2 is 2.10 bits per heavy atom. The standard InChI is InChI=1S/C11H16FN3O4S/c1-14-20(17,18)4-3-15-10-5-7(11(16)19-2)9(13)6-8(10)12/h5-6,14-15H,3-4,13H2,1-2H3. The molecule has 0 amide bonds. The minimum absolute atomic E-state index is 0.00729. The highest BCUT2D eigenvalue weighted by Gasteiger charge is 2.15. The SMILES string of the molecule is CNS(=O)(=O)CCNc1cc(C(=O)OC)c(N)cc1F. The molecule has 0 saturated carbocycles. The zero-order chi connectivity index (χ0) is 15.3. The number of nitrogens with two attached hydrogens (primary N) is 1. The molecule has 1 aromatic rings. The molecule has 0 aliphatic rings. The van der Waals surface area contributed by atoms with Gasteiger partial charge < -0.3 is 15.8 Å². The van der Waals surface area contributed by atoms with E-state index < -0.39 is 21.8 Å². The molecule has 0 spiro atoms. The van der Waals surface area contributed by atoms with Crippen molar-refractivity contribution in [2.24, 2.45) is 0 Å². The molecule has 1 rings (SSSR count). The molecular formula is C11H16FN3O4S. The maximum absolute atomic E-state index is 13.6. The predicted octanol–water partition coefficient (Wildman–Crippen LogP) is 0.156. The van der Waals surface area contributed by atoms with Crippen LogP contribution in [0.2, 0.25) is 0 Å². The summed E-state index contributed by atoms with van der Waals surface area (Å²) < 4.78 is 42.7. The molecular weight excluding hydrogens is 289 g/mol. The van der Waals surface area contributed by atoms with Crippen molar-refractivity contribution in [3.05, 3.63) is 23.5 Å². The summed E-state index contributed by atoms with van der Waals surface area (Å²) in [5.74, 6) is -1.62. The second-order valence-corrected chi connectivity index (χ2v) is 5.91. The molecule has 0 radical (unpaired) electrons. The van der Waals surface area contributed by atoms with Gasteiger partial charge in [-0.15, -0.1) is 0 Å². The highest BCUT2D eigenvalue weighted by molar-refractivity contribution is 7.89. The number of benzene rings is 1. The lowest BCUT2D eigenvalue weighted by Crippen LogP contribution is -2.26. The van der Waals surface area contributed by atoms with Gasteiger partial charge in [0.1, 0.15) is 5.82 Å². The van der Waals surface area contributed by atoms with Gasteiger partial charge in [-0.25, -0.2) is 22.3 Å². The number of sulfonamides is 1. The third-order valence-corrected chi connectivity index (χ3v) is 3.91. The summed E-state index contributed by atoms with van der Waals surface area (Å²) in [6, 6.07) is 2.16. The van der Waals surface area contributed by atoms with Crippen LogP contribution in [0.4, 0.5) is 15.8 Å². The van der Waals surface area contributed by atoms with Crippen molar-refractivity contribution in [2.45, 2.75) is 0 Å². The second-order valence-electron chi connectivity index (χ2n) is 3.86. The number of nitrogens with one attached hydrogen (secondary N) is 2. The molecule has 9 heteroatoms. The molecule has 0 fully saturated rings. The number of nitrogen functional groups attached to an aromatic ring is 1. The Labute approximate surface area is 116 Å². The first-order valence-corrected chi connectivity index (χ1v) is 7.28. The molecule has 0 atom stereocenters. The molecule has 0 aromatic heterocycles. The zero-order valence-corrected chi connectivity index (χ0v) is 11.9. The smallest absolute Gasteiger partial charge is 0.340 e. The van der Waals surface area contributed by atoms with E-state index in [9.17, 15) is 17.6 Å². The number of methoxy groups -OCH3 is 1. The Hall–Kier alpha value is -1.87. The van der Waals surface area contributed by atoms with Crippen molar-refractivity contribution >= 4 is 27.4 Å². The number of hydrogen-bond donors (Lipinski definition) is 3. The molecule has 20 heavy (non-hydrogen) atoms. The number of esters is 1. The summed E-state index contributed by atoms with van der Waals surface area (Å²) in [4.78, 5) is 11.4. The van der Waals surface area contributed by atoms with Crippen LogP contribution in [0.5, 0.6) is 0 Å². The second kappa shape index (κ2) is 6.53. The van der Waals surface area contributed by atoms with Crippen LogP contribution in [0.25, 0.3) is 0 Å². The lowest BCUT2D eigenvalue weighted by Gasteiger charge is -2.11. The van der Waals surface area contributed by atoms with E-state index in [1.165, 1.54) is 20.2 Å². The largest absolute Gasteiger partial charge is 0.465 e. The lowest BCUT2D eigenvalue weighted by atomic mass is 10.1. The van der Waals surface area contributed by atoms with Crippen LogP contribution in [-0.2, 0) is 14.8 Å². The molecule has 4 N–H and O–H groups in total. The number of halogens is 1. The van der Waals surface area contributed by atoms with Crippen LogP contribution in [0.3, 0.4) is 0 Å². The number of rotatable bonds is 6. The summed E-state index contributed by atoms with van der Waals surface area (Å²) >= 11 is 0. The maximum Gasteiger partial charge on any atom is 0.340 e. The Kier molecular flexibility index (Phi) is 5.28. The van der Waals surface area contributed by atoms with Crippen molar-refractivity contribution < 1.29 is 22.3 Å². The molecule has 1 aromatic carbocycles. The van der Waals surface area contributed by atoms with E-state index in [-0.39, 0.29) is 29.2 Å². The van der Waals surface area contributed by atoms with Gasteiger partial charge in [0, 0.05) is 12.2 Å². The fourth-order valence-electron chi connectivity index (χ4n) is 1.43. The van der Waals surface area contributed by atoms with Crippen molar-refractivity contribution in [2.75, 3.05) is 37.5 Å². The first kappa shape index (κ1) is 16.2. The van der Waals surface area contributed by atoms with Gasteiger partial charge in [-0.05, 0) is 19.2 Å². The van der Waals surface area contributed by atoms with Gasteiger partial charge in [-0.3, -0.25) is 0 Å². The molecule has 0 aliphatic carbocycles. The Balaban J connectivity index is 2.88.